The molecule has 0 unspecified atom stereocenters. The van der Waals surface area contributed by atoms with Crippen LogP contribution < -0.4 is 10.6 Å². The molecule has 6 nitrogen and oxygen atoms in total. The van der Waals surface area contributed by atoms with Crippen molar-refractivity contribution in [3.63, 3.8) is 0 Å². The molecule has 0 aliphatic heterocycles. The fourth-order valence-corrected chi connectivity index (χ4v) is 1.41. The highest BCUT2D eigenvalue weighted by Crippen LogP contribution is 2.16. The van der Waals surface area contributed by atoms with Crippen molar-refractivity contribution in [1.29, 1.82) is 0 Å². The van der Waals surface area contributed by atoms with Crippen molar-refractivity contribution in [2.24, 2.45) is 0 Å². The van der Waals surface area contributed by atoms with Crippen LogP contribution in [0.4, 0.5) is 5.69 Å². The van der Waals surface area contributed by atoms with E-state index in [0.717, 1.165) is 0 Å². The molecule has 0 aliphatic rings. The number of ether oxygens (including phenoxy) is 1. The fourth-order valence-electron chi connectivity index (χ4n) is 1.41. The second-order valence-corrected chi connectivity index (χ2v) is 3.55. The lowest BCUT2D eigenvalue weighted by Crippen LogP contribution is -2.19. The third kappa shape index (κ3) is 3.31. The maximum atomic E-state index is 11.5. The van der Waals surface area contributed by atoms with Crippen LogP contribution in [0.15, 0.2) is 18.2 Å². The predicted octanol–water partition coefficient (Wildman–Crippen LogP) is 0.791. The summed E-state index contributed by atoms with van der Waals surface area (Å²) in [6, 6.07) is 4.32. The Bertz CT molecular complexity index is 463. The van der Waals surface area contributed by atoms with Crippen molar-refractivity contribution in [2.75, 3.05) is 19.5 Å². The Balaban J connectivity index is 3.23. The number of benzene rings is 1. The summed E-state index contributed by atoms with van der Waals surface area (Å²) >= 11 is 0. The maximum Gasteiger partial charge on any atom is 0.337 e. The van der Waals surface area contributed by atoms with Crippen LogP contribution in [0.5, 0.6) is 0 Å². The van der Waals surface area contributed by atoms with E-state index in [9.17, 15) is 14.4 Å². The van der Waals surface area contributed by atoms with E-state index in [2.05, 4.69) is 15.4 Å². The molecular weight excluding hydrogens is 236 g/mol. The molecule has 18 heavy (non-hydrogen) atoms. The number of carbonyl (C=O) groups is 3. The van der Waals surface area contributed by atoms with E-state index in [1.54, 1.807) is 0 Å². The van der Waals surface area contributed by atoms with Crippen LogP contribution in [-0.4, -0.2) is 31.9 Å². The van der Waals surface area contributed by atoms with Crippen molar-refractivity contribution in [3.8, 4) is 0 Å². The Kier molecular flexibility index (Phi) is 4.42. The Morgan fingerprint density at radius 3 is 2.22 bits per heavy atom. The third-order valence-corrected chi connectivity index (χ3v) is 2.16. The minimum absolute atomic E-state index is 0.197. The number of amides is 2. The van der Waals surface area contributed by atoms with Crippen LogP contribution in [0, 0.1) is 0 Å². The van der Waals surface area contributed by atoms with Crippen molar-refractivity contribution in [1.82, 2.24) is 5.32 Å². The van der Waals surface area contributed by atoms with Crippen molar-refractivity contribution < 1.29 is 19.1 Å². The van der Waals surface area contributed by atoms with Gasteiger partial charge in [-0.2, -0.15) is 0 Å². The van der Waals surface area contributed by atoms with E-state index in [0.29, 0.717) is 5.69 Å². The lowest BCUT2D eigenvalue weighted by atomic mass is 10.1. The number of nitrogens with one attached hydrogen (secondary N) is 2. The molecule has 0 radical (unpaired) electrons. The number of anilines is 1. The van der Waals surface area contributed by atoms with Crippen LogP contribution >= 0.6 is 0 Å². The van der Waals surface area contributed by atoms with E-state index in [1.165, 1.54) is 39.3 Å². The summed E-state index contributed by atoms with van der Waals surface area (Å²) in [6.07, 6.45) is 0. The van der Waals surface area contributed by atoms with E-state index < -0.39 is 5.97 Å². The van der Waals surface area contributed by atoms with E-state index in [-0.39, 0.29) is 22.9 Å². The summed E-state index contributed by atoms with van der Waals surface area (Å²) in [5.41, 5.74) is 0.829. The summed E-state index contributed by atoms with van der Waals surface area (Å²) in [4.78, 5) is 34.0. The molecule has 0 spiro atoms. The number of hydrogen-bond donors (Lipinski definition) is 2. The second-order valence-electron chi connectivity index (χ2n) is 3.55. The first-order valence-corrected chi connectivity index (χ1v) is 5.21. The average Bonchev–Trinajstić information content (AvgIpc) is 2.35. The van der Waals surface area contributed by atoms with E-state index >= 15 is 0 Å². The highest BCUT2D eigenvalue weighted by molar-refractivity contribution is 6.00. The number of esters is 1. The number of hydrogen-bond acceptors (Lipinski definition) is 4. The van der Waals surface area contributed by atoms with Gasteiger partial charge in [0.1, 0.15) is 0 Å². The van der Waals surface area contributed by atoms with Gasteiger partial charge in [0.25, 0.3) is 5.91 Å². The number of rotatable bonds is 3. The Morgan fingerprint density at radius 1 is 1.11 bits per heavy atom. The van der Waals surface area contributed by atoms with Gasteiger partial charge < -0.3 is 15.4 Å². The molecule has 1 aromatic carbocycles. The maximum absolute atomic E-state index is 11.5. The molecule has 2 amide bonds. The zero-order valence-electron chi connectivity index (χ0n) is 10.4. The van der Waals surface area contributed by atoms with Crippen molar-refractivity contribution >= 4 is 23.5 Å². The molecule has 6 heteroatoms. The van der Waals surface area contributed by atoms with Gasteiger partial charge in [0.2, 0.25) is 5.91 Å². The standard InChI is InChI=1S/C12H14N2O4/c1-7(15)14-10-5-8(11(16)13-2)4-9(6-10)12(17)18-3/h4-6H,1-3H3,(H,13,16)(H,14,15). The van der Waals surface area contributed by atoms with Gasteiger partial charge in [0.05, 0.1) is 12.7 Å². The number of methoxy groups -OCH3 is 1. The van der Waals surface area contributed by atoms with E-state index in [4.69, 9.17) is 0 Å². The summed E-state index contributed by atoms with van der Waals surface area (Å²) < 4.78 is 4.58. The summed E-state index contributed by atoms with van der Waals surface area (Å²) in [5, 5.41) is 4.96. The van der Waals surface area contributed by atoms with Crippen LogP contribution in [0.25, 0.3) is 0 Å². The summed E-state index contributed by atoms with van der Waals surface area (Å²) in [5.74, 6) is -1.22. The third-order valence-electron chi connectivity index (χ3n) is 2.16. The van der Waals surface area contributed by atoms with Crippen molar-refractivity contribution in [3.05, 3.63) is 29.3 Å². The molecule has 1 aromatic rings. The molecule has 0 atom stereocenters. The normalized spacial score (nSPS) is 9.50. The average molecular weight is 250 g/mol. The molecule has 0 aliphatic carbocycles. The molecule has 0 saturated carbocycles. The quantitative estimate of drug-likeness (QED) is 0.777. The zero-order chi connectivity index (χ0) is 13.7. The van der Waals surface area contributed by atoms with Gasteiger partial charge >= 0.3 is 5.97 Å². The largest absolute Gasteiger partial charge is 0.465 e. The minimum Gasteiger partial charge on any atom is -0.465 e. The van der Waals surface area contributed by atoms with Gasteiger partial charge in [0.15, 0.2) is 0 Å². The Hall–Kier alpha value is -2.37. The molecule has 0 saturated heterocycles. The van der Waals surface area contributed by atoms with Gasteiger partial charge in [-0.05, 0) is 18.2 Å². The molecular formula is C12H14N2O4. The van der Waals surface area contributed by atoms with Crippen molar-refractivity contribution in [2.45, 2.75) is 6.92 Å². The SMILES string of the molecule is CNC(=O)c1cc(NC(C)=O)cc(C(=O)OC)c1. The highest BCUT2D eigenvalue weighted by Gasteiger charge is 2.12. The molecule has 0 heterocycles. The predicted molar refractivity (Wildman–Crippen MR) is 65.5 cm³/mol. The molecule has 0 fully saturated rings. The Morgan fingerprint density at radius 2 is 1.72 bits per heavy atom. The summed E-state index contributed by atoms with van der Waals surface area (Å²) in [6.45, 7) is 1.34. The van der Waals surface area contributed by atoms with Gasteiger partial charge in [-0.25, -0.2) is 4.79 Å². The van der Waals surface area contributed by atoms with Crippen LogP contribution in [-0.2, 0) is 9.53 Å². The van der Waals surface area contributed by atoms with Gasteiger partial charge in [0, 0.05) is 25.2 Å². The molecule has 0 bridgehead atoms. The highest BCUT2D eigenvalue weighted by atomic mass is 16.5. The first-order valence-electron chi connectivity index (χ1n) is 5.21. The first kappa shape index (κ1) is 13.7. The number of carbonyl (C=O) groups excluding carboxylic acids is 3. The lowest BCUT2D eigenvalue weighted by Gasteiger charge is -2.08. The van der Waals surface area contributed by atoms with Gasteiger partial charge in [-0.15, -0.1) is 0 Å². The van der Waals surface area contributed by atoms with Crippen LogP contribution in [0.2, 0.25) is 0 Å². The first-order chi connectivity index (χ1) is 8.47. The molecule has 0 aromatic heterocycles. The smallest absolute Gasteiger partial charge is 0.337 e. The zero-order valence-corrected chi connectivity index (χ0v) is 10.4. The monoisotopic (exact) mass is 250 g/mol. The van der Waals surface area contributed by atoms with Crippen LogP contribution in [0.1, 0.15) is 27.6 Å². The lowest BCUT2D eigenvalue weighted by molar-refractivity contribution is -0.114. The van der Waals surface area contributed by atoms with E-state index in [1.807, 2.05) is 0 Å². The minimum atomic E-state index is -0.577. The van der Waals surface area contributed by atoms with Gasteiger partial charge in [-0.3, -0.25) is 9.59 Å². The topological polar surface area (TPSA) is 84.5 Å². The molecule has 1 rings (SSSR count). The summed E-state index contributed by atoms with van der Waals surface area (Å²) in [7, 11) is 2.72. The second kappa shape index (κ2) is 5.81. The molecule has 2 N–H and O–H groups in total. The Labute approximate surface area is 104 Å². The fraction of sp³-hybridized carbons (Fsp3) is 0.250. The van der Waals surface area contributed by atoms with Gasteiger partial charge in [-0.1, -0.05) is 0 Å². The van der Waals surface area contributed by atoms with Crippen LogP contribution in [0.3, 0.4) is 0 Å². The molecule has 96 valence electrons.